The van der Waals surface area contributed by atoms with Crippen LogP contribution in [0.5, 0.6) is 0 Å². The predicted octanol–water partition coefficient (Wildman–Crippen LogP) is 2.52. The van der Waals surface area contributed by atoms with Crippen LogP contribution in [0.15, 0.2) is 24.3 Å². The number of aliphatic carboxylic acids is 1. The number of anilines is 1. The topological polar surface area (TPSA) is 40.5 Å². The van der Waals surface area contributed by atoms with Crippen molar-refractivity contribution in [1.82, 2.24) is 0 Å². The van der Waals surface area contributed by atoms with Crippen molar-refractivity contribution in [2.75, 3.05) is 18.0 Å². The van der Waals surface area contributed by atoms with Crippen molar-refractivity contribution in [2.45, 2.75) is 12.8 Å². The first kappa shape index (κ1) is 11.6. The van der Waals surface area contributed by atoms with Crippen LogP contribution in [0.25, 0.3) is 6.08 Å². The number of carbonyl (C=O) groups is 1. The summed E-state index contributed by atoms with van der Waals surface area (Å²) in [6, 6.07) is 4.64. The second-order valence-electron chi connectivity index (χ2n) is 4.11. The Kier molecular flexibility index (Phi) is 3.42. The molecule has 0 saturated carbocycles. The number of carboxylic acids is 1. The number of benzene rings is 1. The fourth-order valence-corrected chi connectivity index (χ4v) is 2.02. The summed E-state index contributed by atoms with van der Waals surface area (Å²) in [5.41, 5.74) is 1.40. The molecule has 2 rings (SSSR count). The molecule has 0 aromatic heterocycles. The molecule has 4 heteroatoms. The molecule has 0 atom stereocenters. The molecular weight excluding hydrogens is 221 g/mol. The van der Waals surface area contributed by atoms with E-state index in [2.05, 4.69) is 4.90 Å². The van der Waals surface area contributed by atoms with Crippen LogP contribution in [0, 0.1) is 5.82 Å². The first-order chi connectivity index (χ1) is 8.15. The van der Waals surface area contributed by atoms with E-state index < -0.39 is 5.97 Å². The molecule has 1 aromatic carbocycles. The molecule has 1 aromatic rings. The Hall–Kier alpha value is -1.84. The number of halogens is 1. The van der Waals surface area contributed by atoms with Gasteiger partial charge in [-0.05, 0) is 42.7 Å². The van der Waals surface area contributed by atoms with E-state index in [-0.39, 0.29) is 5.82 Å². The summed E-state index contributed by atoms with van der Waals surface area (Å²) in [7, 11) is 0. The van der Waals surface area contributed by atoms with Gasteiger partial charge in [-0.25, -0.2) is 9.18 Å². The zero-order chi connectivity index (χ0) is 12.3. The zero-order valence-corrected chi connectivity index (χ0v) is 9.40. The average Bonchev–Trinajstić information content (AvgIpc) is 2.79. The van der Waals surface area contributed by atoms with Gasteiger partial charge in [0.1, 0.15) is 5.82 Å². The van der Waals surface area contributed by atoms with Crippen LogP contribution in [-0.4, -0.2) is 24.2 Å². The molecule has 17 heavy (non-hydrogen) atoms. The van der Waals surface area contributed by atoms with E-state index in [1.54, 1.807) is 0 Å². The molecular formula is C13H14FNO2. The SMILES string of the molecule is O=C(O)/C=C/c1cc(F)cc(N2CCCC2)c1. The summed E-state index contributed by atoms with van der Waals surface area (Å²) < 4.78 is 13.4. The van der Waals surface area contributed by atoms with Gasteiger partial charge < -0.3 is 10.0 Å². The van der Waals surface area contributed by atoms with E-state index in [0.717, 1.165) is 37.7 Å². The number of hydrogen-bond donors (Lipinski definition) is 1. The molecule has 3 nitrogen and oxygen atoms in total. The predicted molar refractivity (Wildman–Crippen MR) is 64.5 cm³/mol. The third-order valence-electron chi connectivity index (χ3n) is 2.79. The Balaban J connectivity index is 2.25. The molecule has 0 unspecified atom stereocenters. The summed E-state index contributed by atoms with van der Waals surface area (Å²) in [6.45, 7) is 1.87. The largest absolute Gasteiger partial charge is 0.478 e. The Morgan fingerprint density at radius 2 is 2.00 bits per heavy atom. The van der Waals surface area contributed by atoms with Crippen molar-refractivity contribution in [3.8, 4) is 0 Å². The number of nitrogens with zero attached hydrogens (tertiary/aromatic N) is 1. The fraction of sp³-hybridized carbons (Fsp3) is 0.308. The highest BCUT2D eigenvalue weighted by atomic mass is 19.1. The van der Waals surface area contributed by atoms with Gasteiger partial charge in [-0.3, -0.25) is 0 Å². The molecule has 1 aliphatic rings. The van der Waals surface area contributed by atoms with Gasteiger partial charge in [0.05, 0.1) is 0 Å². The van der Waals surface area contributed by atoms with Crippen molar-refractivity contribution in [3.05, 3.63) is 35.7 Å². The fourth-order valence-electron chi connectivity index (χ4n) is 2.02. The molecule has 1 aliphatic heterocycles. The Morgan fingerprint density at radius 3 is 2.65 bits per heavy atom. The van der Waals surface area contributed by atoms with Crippen molar-refractivity contribution in [3.63, 3.8) is 0 Å². The third kappa shape index (κ3) is 3.06. The Morgan fingerprint density at radius 1 is 1.29 bits per heavy atom. The van der Waals surface area contributed by atoms with E-state index >= 15 is 0 Å². The molecule has 0 bridgehead atoms. The quantitative estimate of drug-likeness (QED) is 0.818. The lowest BCUT2D eigenvalue weighted by Crippen LogP contribution is -2.17. The lowest BCUT2D eigenvalue weighted by atomic mass is 10.1. The van der Waals surface area contributed by atoms with Crippen LogP contribution in [0.2, 0.25) is 0 Å². The van der Waals surface area contributed by atoms with Gasteiger partial charge >= 0.3 is 5.97 Å². The first-order valence-electron chi connectivity index (χ1n) is 5.62. The van der Waals surface area contributed by atoms with Crippen LogP contribution in [0.4, 0.5) is 10.1 Å². The van der Waals surface area contributed by atoms with Crippen LogP contribution in [0.1, 0.15) is 18.4 Å². The molecule has 0 radical (unpaired) electrons. The molecule has 1 saturated heterocycles. The van der Waals surface area contributed by atoms with Crippen molar-refractivity contribution >= 4 is 17.7 Å². The Labute approximate surface area is 99.2 Å². The van der Waals surface area contributed by atoms with Gasteiger partial charge in [0, 0.05) is 24.9 Å². The van der Waals surface area contributed by atoms with Gasteiger partial charge in [0.25, 0.3) is 0 Å². The molecule has 1 fully saturated rings. The number of carboxylic acid groups (broad SMARTS) is 1. The summed E-state index contributed by atoms with van der Waals surface area (Å²) in [5, 5.41) is 8.53. The van der Waals surface area contributed by atoms with Crippen molar-refractivity contribution < 1.29 is 14.3 Å². The van der Waals surface area contributed by atoms with E-state index in [0.29, 0.717) is 5.56 Å². The summed E-state index contributed by atoms with van der Waals surface area (Å²) in [4.78, 5) is 12.5. The van der Waals surface area contributed by atoms with E-state index in [1.807, 2.05) is 6.07 Å². The molecule has 90 valence electrons. The maximum absolute atomic E-state index is 13.4. The molecule has 0 amide bonds. The van der Waals surface area contributed by atoms with Crippen LogP contribution < -0.4 is 4.90 Å². The maximum atomic E-state index is 13.4. The smallest absolute Gasteiger partial charge is 0.328 e. The van der Waals surface area contributed by atoms with Gasteiger partial charge in [-0.1, -0.05) is 0 Å². The normalized spacial score (nSPS) is 15.7. The van der Waals surface area contributed by atoms with Gasteiger partial charge in [0.2, 0.25) is 0 Å². The summed E-state index contributed by atoms with van der Waals surface area (Å²) >= 11 is 0. The van der Waals surface area contributed by atoms with Crippen LogP contribution in [0.3, 0.4) is 0 Å². The van der Waals surface area contributed by atoms with Gasteiger partial charge in [-0.15, -0.1) is 0 Å². The lowest BCUT2D eigenvalue weighted by molar-refractivity contribution is -0.131. The minimum atomic E-state index is -1.03. The zero-order valence-electron chi connectivity index (χ0n) is 9.40. The molecule has 0 spiro atoms. The first-order valence-corrected chi connectivity index (χ1v) is 5.62. The van der Waals surface area contributed by atoms with E-state index in [4.69, 9.17) is 5.11 Å². The molecule has 1 heterocycles. The third-order valence-corrected chi connectivity index (χ3v) is 2.79. The number of rotatable bonds is 3. The Bertz CT molecular complexity index is 451. The highest BCUT2D eigenvalue weighted by Gasteiger charge is 2.13. The van der Waals surface area contributed by atoms with Crippen LogP contribution in [-0.2, 0) is 4.79 Å². The standard InChI is InChI=1S/C13H14FNO2/c14-11-7-10(3-4-13(16)17)8-12(9-11)15-5-1-2-6-15/h3-4,7-9H,1-2,5-6H2,(H,16,17)/b4-3+. The molecule has 0 aliphatic carbocycles. The second-order valence-corrected chi connectivity index (χ2v) is 4.11. The maximum Gasteiger partial charge on any atom is 0.328 e. The summed E-state index contributed by atoms with van der Waals surface area (Å²) in [5.74, 6) is -1.36. The van der Waals surface area contributed by atoms with E-state index in [1.165, 1.54) is 18.2 Å². The van der Waals surface area contributed by atoms with Crippen LogP contribution >= 0.6 is 0 Å². The average molecular weight is 235 g/mol. The lowest BCUT2D eigenvalue weighted by Gasteiger charge is -2.18. The second kappa shape index (κ2) is 4.99. The minimum Gasteiger partial charge on any atom is -0.478 e. The minimum absolute atomic E-state index is 0.334. The molecule has 1 N–H and O–H groups in total. The van der Waals surface area contributed by atoms with E-state index in [9.17, 15) is 9.18 Å². The van der Waals surface area contributed by atoms with Gasteiger partial charge in [0.15, 0.2) is 0 Å². The number of hydrogen-bond acceptors (Lipinski definition) is 2. The van der Waals surface area contributed by atoms with Crippen molar-refractivity contribution in [2.24, 2.45) is 0 Å². The highest BCUT2D eigenvalue weighted by molar-refractivity contribution is 5.85. The van der Waals surface area contributed by atoms with Gasteiger partial charge in [-0.2, -0.15) is 0 Å². The summed E-state index contributed by atoms with van der Waals surface area (Å²) in [6.07, 6.45) is 4.67. The monoisotopic (exact) mass is 235 g/mol. The highest BCUT2D eigenvalue weighted by Crippen LogP contribution is 2.23. The van der Waals surface area contributed by atoms with Crippen molar-refractivity contribution in [1.29, 1.82) is 0 Å².